The third-order valence-electron chi connectivity index (χ3n) is 3.59. The number of aliphatic hydroxyl groups is 1. The molecular weight excluding hydrogens is 336 g/mol. The second-order valence-corrected chi connectivity index (χ2v) is 7.48. The van der Waals surface area contributed by atoms with Crippen molar-refractivity contribution in [3.8, 4) is 0 Å². The van der Waals surface area contributed by atoms with E-state index >= 15 is 0 Å². The topological polar surface area (TPSA) is 38.0 Å². The molecule has 0 saturated heterocycles. The Hall–Kier alpha value is -0.650. The van der Waals surface area contributed by atoms with Gasteiger partial charge in [0.1, 0.15) is 0 Å². The Balaban J connectivity index is 2.06. The molecule has 0 amide bonds. The molecule has 0 spiro atoms. The Morgan fingerprint density at radius 3 is 2.65 bits per heavy atom. The number of nitrogens with zero attached hydrogens (tertiary/aromatic N) is 2. The number of halogens is 1. The summed E-state index contributed by atoms with van der Waals surface area (Å²) in [4.78, 5) is 0.992. The first-order chi connectivity index (χ1) is 9.55. The summed E-state index contributed by atoms with van der Waals surface area (Å²) in [6, 6.07) is 4.51. The fourth-order valence-corrected chi connectivity index (χ4v) is 3.86. The van der Waals surface area contributed by atoms with Gasteiger partial charge in [0.05, 0.1) is 21.6 Å². The van der Waals surface area contributed by atoms with Gasteiger partial charge in [-0.2, -0.15) is 5.10 Å². The minimum Gasteiger partial charge on any atom is -0.387 e. The van der Waals surface area contributed by atoms with Gasteiger partial charge in [0.25, 0.3) is 0 Å². The molecule has 1 N–H and O–H groups in total. The first-order valence-corrected chi connectivity index (χ1v) is 8.64. The van der Waals surface area contributed by atoms with Gasteiger partial charge in [0, 0.05) is 17.5 Å². The largest absolute Gasteiger partial charge is 0.387 e. The normalized spacial score (nSPS) is 13.1. The monoisotopic (exact) mass is 356 g/mol. The lowest BCUT2D eigenvalue weighted by molar-refractivity contribution is 0.180. The van der Waals surface area contributed by atoms with Crippen molar-refractivity contribution in [2.24, 2.45) is 0 Å². The van der Waals surface area contributed by atoms with E-state index in [0.717, 1.165) is 27.2 Å². The lowest BCUT2D eigenvalue weighted by Gasteiger charge is -2.12. The lowest BCUT2D eigenvalue weighted by Crippen LogP contribution is -2.08. The van der Waals surface area contributed by atoms with E-state index in [4.69, 9.17) is 0 Å². The van der Waals surface area contributed by atoms with Crippen molar-refractivity contribution in [1.82, 2.24) is 9.78 Å². The minimum atomic E-state index is -0.477. The van der Waals surface area contributed by atoms with Gasteiger partial charge in [-0.3, -0.25) is 4.68 Å². The van der Waals surface area contributed by atoms with Crippen molar-refractivity contribution >= 4 is 27.3 Å². The summed E-state index contributed by atoms with van der Waals surface area (Å²) in [5.41, 5.74) is 2.12. The Morgan fingerprint density at radius 1 is 1.40 bits per heavy atom. The third kappa shape index (κ3) is 3.51. The van der Waals surface area contributed by atoms with Crippen LogP contribution in [0, 0.1) is 6.92 Å². The van der Waals surface area contributed by atoms with Gasteiger partial charge in [0.15, 0.2) is 0 Å². The molecule has 20 heavy (non-hydrogen) atoms. The van der Waals surface area contributed by atoms with Gasteiger partial charge >= 0.3 is 0 Å². The van der Waals surface area contributed by atoms with Gasteiger partial charge in [-0.05, 0) is 53.4 Å². The SMILES string of the molecule is CCC(CC)n1ccc(CC(O)c2cc(C)c(Br)s2)n1. The van der Waals surface area contributed by atoms with Gasteiger partial charge in [-0.25, -0.2) is 0 Å². The number of hydrogen-bond donors (Lipinski definition) is 1. The van der Waals surface area contributed by atoms with Crippen LogP contribution in [0.25, 0.3) is 0 Å². The predicted molar refractivity (Wildman–Crippen MR) is 87.3 cm³/mol. The molecule has 3 nitrogen and oxygen atoms in total. The van der Waals surface area contributed by atoms with Gasteiger partial charge < -0.3 is 5.11 Å². The van der Waals surface area contributed by atoms with E-state index in [-0.39, 0.29) is 0 Å². The number of rotatable bonds is 6. The molecule has 0 bridgehead atoms. The van der Waals surface area contributed by atoms with Crippen LogP contribution in [0.5, 0.6) is 0 Å². The summed E-state index contributed by atoms with van der Waals surface area (Å²) in [7, 11) is 0. The second-order valence-electron chi connectivity index (χ2n) is 5.08. The summed E-state index contributed by atoms with van der Waals surface area (Å²) in [6.07, 6.45) is 4.28. The zero-order valence-electron chi connectivity index (χ0n) is 12.1. The lowest BCUT2D eigenvalue weighted by atomic mass is 10.1. The Morgan fingerprint density at radius 2 is 2.10 bits per heavy atom. The zero-order chi connectivity index (χ0) is 14.7. The van der Waals surface area contributed by atoms with E-state index in [1.165, 1.54) is 5.56 Å². The van der Waals surface area contributed by atoms with Crippen molar-refractivity contribution in [2.75, 3.05) is 0 Å². The fourth-order valence-electron chi connectivity index (χ4n) is 2.30. The highest BCUT2D eigenvalue weighted by molar-refractivity contribution is 9.11. The number of aryl methyl sites for hydroxylation is 1. The van der Waals surface area contributed by atoms with E-state index in [2.05, 4.69) is 34.9 Å². The Kier molecular flexibility index (Phi) is 5.41. The van der Waals surface area contributed by atoms with Crippen molar-refractivity contribution in [2.45, 2.75) is 52.2 Å². The fraction of sp³-hybridized carbons (Fsp3) is 0.533. The van der Waals surface area contributed by atoms with Crippen LogP contribution in [-0.4, -0.2) is 14.9 Å². The van der Waals surface area contributed by atoms with Crippen LogP contribution in [0.4, 0.5) is 0 Å². The minimum absolute atomic E-state index is 0.457. The van der Waals surface area contributed by atoms with Crippen molar-refractivity contribution < 1.29 is 5.11 Å². The zero-order valence-corrected chi connectivity index (χ0v) is 14.5. The molecule has 0 saturated carbocycles. The van der Waals surface area contributed by atoms with Gasteiger partial charge in [-0.1, -0.05) is 13.8 Å². The van der Waals surface area contributed by atoms with Crippen molar-refractivity contribution in [1.29, 1.82) is 0 Å². The van der Waals surface area contributed by atoms with Gasteiger partial charge in [-0.15, -0.1) is 11.3 Å². The van der Waals surface area contributed by atoms with Crippen LogP contribution < -0.4 is 0 Å². The predicted octanol–water partition coefficient (Wildman–Crippen LogP) is 4.65. The second kappa shape index (κ2) is 6.87. The number of hydrogen-bond acceptors (Lipinski definition) is 3. The molecule has 1 atom stereocenters. The maximum Gasteiger partial charge on any atom is 0.0938 e. The van der Waals surface area contributed by atoms with E-state index in [0.29, 0.717) is 12.5 Å². The summed E-state index contributed by atoms with van der Waals surface area (Å²) in [5.74, 6) is 0. The van der Waals surface area contributed by atoms with E-state index in [9.17, 15) is 5.11 Å². The molecule has 2 aromatic rings. The molecule has 5 heteroatoms. The van der Waals surface area contributed by atoms with Gasteiger partial charge in [0.2, 0.25) is 0 Å². The first-order valence-electron chi connectivity index (χ1n) is 7.03. The standard InChI is InChI=1S/C15H21BrN2OS/c1-4-12(5-2)18-7-6-11(17-18)9-13(19)14-8-10(3)15(16)20-14/h6-8,12-13,19H,4-5,9H2,1-3H3. The van der Waals surface area contributed by atoms with E-state index < -0.39 is 6.10 Å². The molecule has 110 valence electrons. The molecule has 0 fully saturated rings. The summed E-state index contributed by atoms with van der Waals surface area (Å²) < 4.78 is 3.12. The van der Waals surface area contributed by atoms with Crippen molar-refractivity contribution in [3.05, 3.63) is 38.3 Å². The smallest absolute Gasteiger partial charge is 0.0938 e. The quantitative estimate of drug-likeness (QED) is 0.817. The number of thiophene rings is 1. The highest BCUT2D eigenvalue weighted by Gasteiger charge is 2.15. The molecule has 2 rings (SSSR count). The molecule has 2 aromatic heterocycles. The van der Waals surface area contributed by atoms with Crippen LogP contribution in [0.1, 0.15) is 55.0 Å². The summed E-state index contributed by atoms with van der Waals surface area (Å²) >= 11 is 5.10. The highest BCUT2D eigenvalue weighted by atomic mass is 79.9. The number of aromatic nitrogens is 2. The van der Waals surface area contributed by atoms with E-state index in [1.807, 2.05) is 29.9 Å². The third-order valence-corrected chi connectivity index (χ3v) is 5.83. The maximum atomic E-state index is 10.3. The Labute approximate surface area is 132 Å². The van der Waals surface area contributed by atoms with Crippen molar-refractivity contribution in [3.63, 3.8) is 0 Å². The number of aliphatic hydroxyl groups excluding tert-OH is 1. The maximum absolute atomic E-state index is 10.3. The average molecular weight is 357 g/mol. The van der Waals surface area contributed by atoms with Crippen LogP contribution in [0.2, 0.25) is 0 Å². The molecule has 0 aliphatic rings. The van der Waals surface area contributed by atoms with Crippen LogP contribution >= 0.6 is 27.3 Å². The highest BCUT2D eigenvalue weighted by Crippen LogP contribution is 2.32. The molecule has 1 unspecified atom stereocenters. The molecule has 0 radical (unpaired) electrons. The molecule has 0 aromatic carbocycles. The molecule has 2 heterocycles. The Bertz CT molecular complexity index is 540. The van der Waals surface area contributed by atoms with Crippen LogP contribution in [0.15, 0.2) is 22.1 Å². The first kappa shape index (κ1) is 15.7. The van der Waals surface area contributed by atoms with E-state index in [1.54, 1.807) is 11.3 Å². The average Bonchev–Trinajstić information content (AvgIpc) is 3.00. The summed E-state index contributed by atoms with van der Waals surface area (Å²) in [6.45, 7) is 6.39. The van der Waals surface area contributed by atoms with Crippen LogP contribution in [-0.2, 0) is 6.42 Å². The summed E-state index contributed by atoms with van der Waals surface area (Å²) in [5, 5.41) is 14.9. The molecular formula is C15H21BrN2OS. The molecule has 0 aliphatic heterocycles. The van der Waals surface area contributed by atoms with Crippen LogP contribution in [0.3, 0.4) is 0 Å². The molecule has 0 aliphatic carbocycles.